The quantitative estimate of drug-likeness (QED) is 0.0287. The Morgan fingerprint density at radius 1 is 0.231 bits per heavy atom. The van der Waals surface area contributed by atoms with Gasteiger partial charge in [-0.25, -0.2) is 26.3 Å². The van der Waals surface area contributed by atoms with E-state index in [1.54, 1.807) is 65.0 Å². The van der Waals surface area contributed by atoms with Gasteiger partial charge in [0, 0.05) is 81.6 Å². The van der Waals surface area contributed by atoms with Gasteiger partial charge in [0.25, 0.3) is 0 Å². The number of hydrogen-bond donors (Lipinski definition) is 0. The number of unbranched alkanes of at least 4 members (excludes halogenated alkanes) is 4. The molecule has 4 aliphatic rings. The summed E-state index contributed by atoms with van der Waals surface area (Å²) in [5, 5.41) is 7.84. The standard InChI is InChI=1S/C33H37NP2.2C32H33F2NP2.C24H33F2NP2.4Cr/c1-3-4-26-34(35(30-21-12-7-13-22-30)31-23-15-14-16-27(31)2)36-32(28-17-8-5-9-18-28)24-25-33(36)29-19-10-6-11-20-29;1-2-3-24-35(37(31-20-12-10-18-27(31)33)32-21-13-11-19-28(32)34)36-29(25-14-6-4-7-15-25)22-23-30(36)26-16-8-5-9-17-26;1-2-3-22-35(36(29-18-10-16-27(33)23-29)30-19-11-17-28(34)24-30)37-31(25-12-6-4-7-13-25)20-21-32(37)26-14-8-5-9-15-26;1-4-7-18-27(28-19(5-2)16-17-20(28)6-3)29(23-14-10-8-12-21(23)25)24-15-11-9-13-22(24)26;;;;/h5-23,32-33H,3-4,24-26H2,1-2H3;4-21,29-30H,2-3,22-24H2,1H3;4-19,23-24,31-32H,2-3,20-22H2,1H3;8-15,19-20H,4-7,16-18H2,1-3H3;;;;/p+8/t32-,33-,35?;29-,30-;31-,32-;19-,20-;;;;/m0001..../s1. The summed E-state index contributed by atoms with van der Waals surface area (Å²) < 4.78 is 102. The summed E-state index contributed by atoms with van der Waals surface area (Å²) in [5.41, 5.74) is 14.5. The minimum Gasteiger partial charge on any atom is -0.207 e. The molecule has 4 nitrogen and oxygen atoms in total. The average Bonchev–Trinajstić information content (AvgIpc) is 1.66. The van der Waals surface area contributed by atoms with Crippen molar-refractivity contribution in [1.82, 2.24) is 17.8 Å². The average molecular weight is 2220 g/mol. The van der Waals surface area contributed by atoms with Crippen LogP contribution in [0.2, 0.25) is 0 Å². The molecule has 4 heterocycles. The van der Waals surface area contributed by atoms with E-state index in [2.05, 4.69) is 303 Å². The fourth-order valence-corrected chi connectivity index (χ4v) is 57.4. The molecule has 0 aliphatic carbocycles. The molecule has 14 aromatic carbocycles. The van der Waals surface area contributed by atoms with E-state index in [-0.39, 0.29) is 104 Å². The van der Waals surface area contributed by atoms with Crippen molar-refractivity contribution >= 4 is 107 Å². The summed E-state index contributed by atoms with van der Waals surface area (Å²) >= 11 is 0. The minimum atomic E-state index is -1.90. The molecule has 4 saturated heterocycles. The van der Waals surface area contributed by atoms with Gasteiger partial charge < -0.3 is 0 Å². The molecule has 14 aromatic rings. The summed E-state index contributed by atoms with van der Waals surface area (Å²) in [6.07, 6.45) is 20.8. The van der Waals surface area contributed by atoms with E-state index in [9.17, 15) is 8.78 Å². The summed E-state index contributed by atoms with van der Waals surface area (Å²) in [7, 11) is -10.6. The van der Waals surface area contributed by atoms with Crippen molar-refractivity contribution in [2.45, 2.75) is 209 Å². The first kappa shape index (κ1) is 117. The van der Waals surface area contributed by atoms with E-state index >= 15 is 17.6 Å². The Morgan fingerprint density at radius 2 is 0.455 bits per heavy atom. The summed E-state index contributed by atoms with van der Waals surface area (Å²) in [6, 6.07) is 129. The normalized spacial score (nSPS) is 18.2. The summed E-state index contributed by atoms with van der Waals surface area (Å²) in [5.74, 6) is -1.28. The van der Waals surface area contributed by atoms with Gasteiger partial charge in [-0.3, -0.25) is 0 Å². The van der Waals surface area contributed by atoms with E-state index in [0.717, 1.165) is 94.5 Å². The molecule has 9 atom stereocenters. The molecule has 0 bridgehead atoms. The fraction of sp³-hybridized carbons (Fsp3) is 0.306. The molecule has 0 radical (unpaired) electrons. The van der Waals surface area contributed by atoms with Crippen LogP contribution in [-0.4, -0.2) is 55.3 Å². The zero-order chi connectivity index (χ0) is 96.8. The van der Waals surface area contributed by atoms with Gasteiger partial charge in [-0.05, 0) is 227 Å². The molecule has 0 spiro atoms. The van der Waals surface area contributed by atoms with Crippen molar-refractivity contribution in [2.24, 2.45) is 0 Å². The Morgan fingerprint density at radius 3 is 0.706 bits per heavy atom. The predicted octanol–water partition coefficient (Wildman–Crippen LogP) is 32.3. The maximum absolute atomic E-state index is 15.6. The molecule has 4 aliphatic heterocycles. The van der Waals surface area contributed by atoms with E-state index in [1.165, 1.54) is 115 Å². The number of benzene rings is 14. The second-order valence-corrected chi connectivity index (χ2v) is 60.1. The van der Waals surface area contributed by atoms with Crippen LogP contribution in [0, 0.1) is 41.8 Å². The van der Waals surface area contributed by atoms with E-state index in [0.29, 0.717) is 66.5 Å². The van der Waals surface area contributed by atoms with Crippen LogP contribution in [0.25, 0.3) is 0 Å². The van der Waals surface area contributed by atoms with Crippen molar-refractivity contribution in [3.05, 3.63) is 456 Å². The third kappa shape index (κ3) is 30.1. The first-order valence-corrected chi connectivity index (χ1v) is 63.4. The first-order chi connectivity index (χ1) is 68.2. The van der Waals surface area contributed by atoms with Crippen LogP contribution in [0.4, 0.5) is 26.3 Å². The Kier molecular flexibility index (Phi) is 49.9. The van der Waals surface area contributed by atoms with Gasteiger partial charge >= 0.3 is 0 Å². The first-order valence-electron chi connectivity index (χ1n) is 51.2. The van der Waals surface area contributed by atoms with Gasteiger partial charge in [0.15, 0.2) is 76.8 Å². The maximum atomic E-state index is 15.6. The zero-order valence-corrected chi connectivity index (χ0v) is 96.8. The monoisotopic (exact) mass is 2220 g/mol. The van der Waals surface area contributed by atoms with E-state index in [1.807, 2.05) is 72.8 Å². The third-order valence-corrected chi connectivity index (χ3v) is 59.3. The SMILES string of the molecule is CCCCN([PH+](c1cccc(F)c1)c1cccc(F)c1)[PH+]1[C@H](c2ccccc2)CC[C@H]1c1ccccc1.CCCCN([PH+](c1ccccc1)c1ccccc1C)[PH+]1[C@H](c2ccccc2)CC[C@H]1c1ccccc1.CCCCN([PH+](c1ccccc1F)c1ccccc1F)[PH+]1[C@H](CC)CC[C@H]1CC.CCCCN([PH+](c1ccccc1F)c1ccccc1F)[PH+]1[C@H](c2ccccc2)CC[C@H]1c1ccccc1.[Cr].[Cr].[Cr].[Cr]. The van der Waals surface area contributed by atoms with Crippen LogP contribution in [0.15, 0.2) is 382 Å². The molecule has 0 amide bonds. The zero-order valence-electron chi connectivity index (χ0n) is 83.7. The summed E-state index contributed by atoms with van der Waals surface area (Å²) in [4.78, 5) is 0. The van der Waals surface area contributed by atoms with Crippen LogP contribution in [0.3, 0.4) is 0 Å². The van der Waals surface area contributed by atoms with Gasteiger partial charge in [0.05, 0.1) is 37.5 Å². The van der Waals surface area contributed by atoms with Crippen LogP contribution >= 0.6 is 64.6 Å². The molecule has 22 heteroatoms. The largest absolute Gasteiger partial charge is 0.207 e. The second kappa shape index (κ2) is 60.8. The molecule has 0 aromatic heterocycles. The van der Waals surface area contributed by atoms with Crippen LogP contribution < -0.4 is 42.4 Å². The molecule has 746 valence electrons. The molecule has 0 saturated carbocycles. The van der Waals surface area contributed by atoms with Crippen LogP contribution in [0.1, 0.15) is 230 Å². The van der Waals surface area contributed by atoms with E-state index < -0.39 is 64.6 Å². The van der Waals surface area contributed by atoms with Crippen LogP contribution in [0.5, 0.6) is 0 Å². The molecule has 18 rings (SSSR count). The third-order valence-electron chi connectivity index (χ3n) is 28.7. The summed E-state index contributed by atoms with van der Waals surface area (Å²) in [6.45, 7) is 19.8. The maximum Gasteiger partial charge on any atom is 0.179 e. The topological polar surface area (TPSA) is 13.0 Å². The number of hydrogen-bond acceptors (Lipinski definition) is 4. The molecule has 143 heavy (non-hydrogen) atoms. The second-order valence-electron chi connectivity index (χ2n) is 37.5. The van der Waals surface area contributed by atoms with Gasteiger partial charge in [-0.15, -0.1) is 0 Å². The molecule has 4 fully saturated rings. The Labute approximate surface area is 904 Å². The molecule has 1 unspecified atom stereocenters. The van der Waals surface area contributed by atoms with Gasteiger partial charge in [0.2, 0.25) is 0 Å². The minimum absolute atomic E-state index is 0. The molecule has 0 N–H and O–H groups in total. The van der Waals surface area contributed by atoms with Crippen LogP contribution in [-0.2, 0) is 69.4 Å². The fourth-order valence-electron chi connectivity index (χ4n) is 22.1. The van der Waals surface area contributed by atoms with Crippen molar-refractivity contribution in [1.29, 1.82) is 0 Å². The molecular formula is C121H144Cr4F6N4P8+8. The van der Waals surface area contributed by atoms with E-state index in [4.69, 9.17) is 0 Å². The smallest absolute Gasteiger partial charge is 0.179 e. The Hall–Kier alpha value is -5.93. The predicted molar refractivity (Wildman–Crippen MR) is 606 cm³/mol. The molecular weight excluding hydrogens is 2080 g/mol. The van der Waals surface area contributed by atoms with Crippen molar-refractivity contribution in [3.63, 3.8) is 0 Å². The van der Waals surface area contributed by atoms with Gasteiger partial charge in [0.1, 0.15) is 99.1 Å². The van der Waals surface area contributed by atoms with Gasteiger partial charge in [-0.1, -0.05) is 364 Å². The van der Waals surface area contributed by atoms with Crippen molar-refractivity contribution < 1.29 is 95.8 Å². The number of nitrogens with zero attached hydrogens (tertiary/aromatic N) is 4. The number of rotatable bonds is 36. The Balaban J connectivity index is 0.000000181. The van der Waals surface area contributed by atoms with Gasteiger partial charge in [-0.2, -0.15) is 0 Å². The number of aryl methyl sites for hydroxylation is 1. The number of halogens is 6. The Bertz CT molecular complexity index is 5750. The van der Waals surface area contributed by atoms with Crippen molar-refractivity contribution in [3.8, 4) is 0 Å². The van der Waals surface area contributed by atoms with Crippen molar-refractivity contribution in [2.75, 3.05) is 26.2 Å².